The molecule has 0 radical (unpaired) electrons. The number of aromatic nitrogens is 1. The zero-order valence-electron chi connectivity index (χ0n) is 15.1. The third kappa shape index (κ3) is 3.82. The second-order valence-electron chi connectivity index (χ2n) is 6.42. The van der Waals surface area contributed by atoms with E-state index in [-0.39, 0.29) is 5.91 Å². The van der Waals surface area contributed by atoms with Gasteiger partial charge in [0.2, 0.25) is 5.88 Å². The quantitative estimate of drug-likeness (QED) is 0.451. The van der Waals surface area contributed by atoms with Gasteiger partial charge in [0.25, 0.3) is 5.91 Å². The van der Waals surface area contributed by atoms with Crippen molar-refractivity contribution in [2.45, 2.75) is 6.92 Å². The molecule has 0 saturated carbocycles. The fraction of sp³-hybridized carbons (Fsp3) is 0.0435. The lowest BCUT2D eigenvalue weighted by molar-refractivity contribution is 0.102. The average Bonchev–Trinajstić information content (AvgIpc) is 3.13. The van der Waals surface area contributed by atoms with E-state index < -0.39 is 0 Å². The lowest BCUT2D eigenvalue weighted by Gasteiger charge is -2.09. The first kappa shape index (κ1) is 18.0. The van der Waals surface area contributed by atoms with E-state index in [1.54, 1.807) is 31.2 Å². The summed E-state index contributed by atoms with van der Waals surface area (Å²) < 4.78 is 5.04. The minimum absolute atomic E-state index is 0.282. The molecule has 0 spiro atoms. The second-order valence-corrected chi connectivity index (χ2v) is 6.83. The van der Waals surface area contributed by atoms with Crippen molar-refractivity contribution in [3.63, 3.8) is 0 Å². The maximum Gasteiger partial charge on any atom is 0.258 e. The predicted molar refractivity (Wildman–Crippen MR) is 112 cm³/mol. The number of carbonyl (C=O) groups is 1. The Bertz CT molecular complexity index is 1120. The van der Waals surface area contributed by atoms with Crippen molar-refractivity contribution >= 4 is 23.4 Å². The molecular formula is C23H17ClN2O2. The maximum atomic E-state index is 12.5. The van der Waals surface area contributed by atoms with Gasteiger partial charge < -0.3 is 4.52 Å². The number of benzene rings is 3. The van der Waals surface area contributed by atoms with Gasteiger partial charge in [-0.15, -0.1) is 0 Å². The summed E-state index contributed by atoms with van der Waals surface area (Å²) in [6, 6.07) is 25.1. The van der Waals surface area contributed by atoms with Crippen molar-refractivity contribution in [2.75, 3.05) is 5.32 Å². The number of nitrogens with zero attached hydrogens (tertiary/aromatic N) is 1. The lowest BCUT2D eigenvalue weighted by atomic mass is 9.99. The van der Waals surface area contributed by atoms with Crippen molar-refractivity contribution in [2.24, 2.45) is 0 Å². The Morgan fingerprint density at radius 2 is 1.57 bits per heavy atom. The van der Waals surface area contributed by atoms with Crippen LogP contribution >= 0.6 is 11.6 Å². The van der Waals surface area contributed by atoms with Crippen LogP contribution in [0.1, 0.15) is 16.1 Å². The van der Waals surface area contributed by atoms with Gasteiger partial charge in [0.1, 0.15) is 0 Å². The van der Waals surface area contributed by atoms with Crippen molar-refractivity contribution in [1.82, 2.24) is 5.16 Å². The van der Waals surface area contributed by atoms with Gasteiger partial charge in [0.15, 0.2) is 0 Å². The van der Waals surface area contributed by atoms with Gasteiger partial charge in [-0.1, -0.05) is 71.4 Å². The molecule has 4 nitrogen and oxygen atoms in total. The van der Waals surface area contributed by atoms with Gasteiger partial charge in [-0.2, -0.15) is 0 Å². The molecule has 0 saturated heterocycles. The Labute approximate surface area is 167 Å². The van der Waals surface area contributed by atoms with Crippen LogP contribution in [0.4, 0.5) is 5.88 Å². The predicted octanol–water partition coefficient (Wildman–Crippen LogP) is 6.22. The zero-order chi connectivity index (χ0) is 19.5. The van der Waals surface area contributed by atoms with Crippen LogP contribution in [0.2, 0.25) is 5.02 Å². The van der Waals surface area contributed by atoms with E-state index in [4.69, 9.17) is 16.1 Å². The van der Waals surface area contributed by atoms with Crippen LogP contribution in [0.15, 0.2) is 83.4 Å². The molecule has 0 aliphatic carbocycles. The van der Waals surface area contributed by atoms with E-state index in [0.717, 1.165) is 22.3 Å². The summed E-state index contributed by atoms with van der Waals surface area (Å²) in [6.45, 7) is 1.79. The van der Waals surface area contributed by atoms with E-state index >= 15 is 0 Å². The number of carbonyl (C=O) groups excluding carboxylic acids is 1. The number of rotatable bonds is 4. The first-order valence-corrected chi connectivity index (χ1v) is 9.18. The molecule has 3 aromatic carbocycles. The third-order valence-corrected chi connectivity index (χ3v) is 4.73. The van der Waals surface area contributed by atoms with Gasteiger partial charge in [0, 0.05) is 22.2 Å². The molecule has 28 heavy (non-hydrogen) atoms. The minimum Gasteiger partial charge on any atom is -0.338 e. The van der Waals surface area contributed by atoms with Gasteiger partial charge in [-0.05, 0) is 41.8 Å². The minimum atomic E-state index is -0.282. The van der Waals surface area contributed by atoms with E-state index in [1.807, 2.05) is 42.5 Å². The highest BCUT2D eigenvalue weighted by Crippen LogP contribution is 2.31. The molecule has 1 aromatic heterocycles. The molecule has 0 aliphatic rings. The molecule has 4 aromatic rings. The fourth-order valence-corrected chi connectivity index (χ4v) is 3.19. The smallest absolute Gasteiger partial charge is 0.258 e. The van der Waals surface area contributed by atoms with Gasteiger partial charge in [-0.25, -0.2) is 0 Å². The Morgan fingerprint density at radius 3 is 2.25 bits per heavy atom. The summed E-state index contributed by atoms with van der Waals surface area (Å²) in [5.74, 6) is 0.0289. The van der Waals surface area contributed by atoms with Crippen LogP contribution in [-0.2, 0) is 0 Å². The van der Waals surface area contributed by atoms with Gasteiger partial charge >= 0.3 is 0 Å². The monoisotopic (exact) mass is 388 g/mol. The Kier molecular flexibility index (Phi) is 4.96. The number of anilines is 1. The number of halogens is 1. The molecule has 0 fully saturated rings. The number of aryl methyl sites for hydroxylation is 1. The molecule has 1 N–H and O–H groups in total. The third-order valence-electron chi connectivity index (χ3n) is 4.40. The summed E-state index contributed by atoms with van der Waals surface area (Å²) in [7, 11) is 0. The van der Waals surface area contributed by atoms with Crippen LogP contribution in [0, 0.1) is 6.92 Å². The molecule has 0 atom stereocenters. The van der Waals surface area contributed by atoms with Crippen molar-refractivity contribution in [3.05, 3.63) is 95.1 Å². The Hall–Kier alpha value is -3.37. The molecular weight excluding hydrogens is 372 g/mol. The number of nitrogens with one attached hydrogen (secondary N) is 1. The lowest BCUT2D eigenvalue weighted by Crippen LogP contribution is -2.11. The van der Waals surface area contributed by atoms with E-state index in [1.165, 1.54) is 0 Å². The summed E-state index contributed by atoms with van der Waals surface area (Å²) in [4.78, 5) is 12.5. The number of amides is 1. The topological polar surface area (TPSA) is 55.1 Å². The van der Waals surface area contributed by atoms with Crippen molar-refractivity contribution in [3.8, 4) is 22.3 Å². The fourth-order valence-electron chi connectivity index (χ4n) is 2.97. The SMILES string of the molecule is Cc1cc(NC(=O)c2ccc(Cl)c(-c3ccc(-c4ccccc4)cc3)c2)on1. The highest BCUT2D eigenvalue weighted by atomic mass is 35.5. The van der Waals surface area contributed by atoms with Crippen molar-refractivity contribution in [1.29, 1.82) is 0 Å². The molecule has 5 heteroatoms. The van der Waals surface area contributed by atoms with Crippen LogP contribution in [0.5, 0.6) is 0 Å². The highest BCUT2D eigenvalue weighted by Gasteiger charge is 2.13. The number of hydrogen-bond acceptors (Lipinski definition) is 3. The van der Waals surface area contributed by atoms with Crippen LogP contribution in [0.3, 0.4) is 0 Å². The first-order chi connectivity index (χ1) is 13.6. The standard InChI is InChI=1S/C23H17ClN2O2/c1-15-13-22(28-26-15)25-23(27)19-11-12-21(24)20(14-19)18-9-7-17(8-10-18)16-5-3-2-4-6-16/h2-14H,1H3,(H,25,27). The molecule has 0 unspecified atom stereocenters. The molecule has 1 heterocycles. The zero-order valence-corrected chi connectivity index (χ0v) is 15.9. The molecule has 0 aliphatic heterocycles. The van der Waals surface area contributed by atoms with Crippen LogP contribution in [0.25, 0.3) is 22.3 Å². The van der Waals surface area contributed by atoms with Gasteiger partial charge in [-0.3, -0.25) is 10.1 Å². The average molecular weight is 389 g/mol. The highest BCUT2D eigenvalue weighted by molar-refractivity contribution is 6.33. The summed E-state index contributed by atoms with van der Waals surface area (Å²) in [5.41, 5.74) is 5.19. The molecule has 4 rings (SSSR count). The summed E-state index contributed by atoms with van der Waals surface area (Å²) >= 11 is 6.40. The molecule has 138 valence electrons. The Morgan fingerprint density at radius 1 is 0.893 bits per heavy atom. The summed E-state index contributed by atoms with van der Waals surface area (Å²) in [5, 5.41) is 7.04. The molecule has 1 amide bonds. The largest absolute Gasteiger partial charge is 0.338 e. The van der Waals surface area contributed by atoms with Crippen LogP contribution < -0.4 is 5.32 Å². The molecule has 0 bridgehead atoms. The normalized spacial score (nSPS) is 10.6. The maximum absolute atomic E-state index is 12.5. The summed E-state index contributed by atoms with van der Waals surface area (Å²) in [6.07, 6.45) is 0. The van der Waals surface area contributed by atoms with E-state index in [9.17, 15) is 4.79 Å². The Balaban J connectivity index is 1.61. The van der Waals surface area contributed by atoms with Crippen LogP contribution in [-0.4, -0.2) is 11.1 Å². The first-order valence-electron chi connectivity index (χ1n) is 8.80. The van der Waals surface area contributed by atoms with Crippen molar-refractivity contribution < 1.29 is 9.32 Å². The van der Waals surface area contributed by atoms with Gasteiger partial charge in [0.05, 0.1) is 5.69 Å². The van der Waals surface area contributed by atoms with E-state index in [0.29, 0.717) is 22.2 Å². The number of hydrogen-bond donors (Lipinski definition) is 1. The second kappa shape index (κ2) is 7.71. The van der Waals surface area contributed by atoms with E-state index in [2.05, 4.69) is 22.6 Å².